The number of halogens is 2. The first-order valence-corrected chi connectivity index (χ1v) is 6.54. The molecule has 0 aromatic heterocycles. The molecule has 0 bridgehead atoms. The van der Waals surface area contributed by atoms with Crippen molar-refractivity contribution in [2.45, 2.75) is 6.54 Å². The molecule has 0 aliphatic rings. The van der Waals surface area contributed by atoms with Crippen LogP contribution in [0.5, 0.6) is 0 Å². The van der Waals surface area contributed by atoms with E-state index in [1.807, 2.05) is 30.1 Å². The number of nitriles is 1. The van der Waals surface area contributed by atoms with Gasteiger partial charge in [-0.05, 0) is 35.9 Å². The van der Waals surface area contributed by atoms with Crippen molar-refractivity contribution in [3.63, 3.8) is 0 Å². The maximum absolute atomic E-state index is 13.1. The van der Waals surface area contributed by atoms with Gasteiger partial charge in [-0.2, -0.15) is 5.26 Å². The molecule has 2 rings (SSSR count). The molecule has 0 aliphatic heterocycles. The van der Waals surface area contributed by atoms with E-state index in [0.717, 1.165) is 15.7 Å². The van der Waals surface area contributed by atoms with Gasteiger partial charge in [-0.15, -0.1) is 0 Å². The first kappa shape index (κ1) is 13.6. The number of nitrogens with zero attached hydrogens (tertiary/aromatic N) is 2. The van der Waals surface area contributed by atoms with Crippen molar-refractivity contribution in [1.82, 2.24) is 0 Å². The number of benzene rings is 2. The lowest BCUT2D eigenvalue weighted by atomic mass is 10.1. The summed E-state index contributed by atoms with van der Waals surface area (Å²) in [5.74, 6) is -0.238. The lowest BCUT2D eigenvalue weighted by molar-refractivity contribution is 0.625. The van der Waals surface area contributed by atoms with Gasteiger partial charge in [0.05, 0.1) is 11.6 Å². The molecular formula is C15H12BrFN2. The maximum Gasteiger partial charge on any atom is 0.123 e. The lowest BCUT2D eigenvalue weighted by Gasteiger charge is -2.20. The Morgan fingerprint density at radius 3 is 2.74 bits per heavy atom. The zero-order valence-electron chi connectivity index (χ0n) is 10.4. The van der Waals surface area contributed by atoms with E-state index in [-0.39, 0.29) is 5.82 Å². The number of rotatable bonds is 3. The van der Waals surface area contributed by atoms with Gasteiger partial charge in [0.2, 0.25) is 0 Å². The summed E-state index contributed by atoms with van der Waals surface area (Å²) < 4.78 is 14.0. The summed E-state index contributed by atoms with van der Waals surface area (Å²) in [4.78, 5) is 1.97. The van der Waals surface area contributed by atoms with Gasteiger partial charge in [0.15, 0.2) is 0 Å². The minimum atomic E-state index is -0.238. The third-order valence-corrected chi connectivity index (χ3v) is 3.22. The molecule has 4 heteroatoms. The second-order valence-electron chi connectivity index (χ2n) is 4.30. The van der Waals surface area contributed by atoms with Crippen LogP contribution in [0.4, 0.5) is 10.1 Å². The standard InChI is InChI=1S/C15H12BrFN2/c1-19(10-11-3-2-4-14(17)6-11)15-7-12(9-18)5-13(16)8-15/h2-8H,10H2,1H3. The van der Waals surface area contributed by atoms with Gasteiger partial charge in [0.1, 0.15) is 5.82 Å². The molecule has 0 radical (unpaired) electrons. The summed E-state index contributed by atoms with van der Waals surface area (Å²) in [5, 5.41) is 8.96. The SMILES string of the molecule is CN(Cc1cccc(F)c1)c1cc(Br)cc(C#N)c1. The fourth-order valence-electron chi connectivity index (χ4n) is 1.86. The van der Waals surface area contributed by atoms with Crippen LogP contribution < -0.4 is 4.90 Å². The minimum Gasteiger partial charge on any atom is -0.370 e. The molecule has 0 saturated heterocycles. The third kappa shape index (κ3) is 3.55. The topological polar surface area (TPSA) is 27.0 Å². The van der Waals surface area contributed by atoms with Crippen molar-refractivity contribution in [2.75, 3.05) is 11.9 Å². The zero-order chi connectivity index (χ0) is 13.8. The van der Waals surface area contributed by atoms with Crippen LogP contribution in [0.1, 0.15) is 11.1 Å². The van der Waals surface area contributed by atoms with Crippen molar-refractivity contribution in [3.8, 4) is 6.07 Å². The van der Waals surface area contributed by atoms with Crippen molar-refractivity contribution in [2.24, 2.45) is 0 Å². The van der Waals surface area contributed by atoms with E-state index in [9.17, 15) is 4.39 Å². The molecule has 0 heterocycles. The Bertz CT molecular complexity index is 634. The van der Waals surface area contributed by atoms with Gasteiger partial charge >= 0.3 is 0 Å². The smallest absolute Gasteiger partial charge is 0.123 e. The fraction of sp³-hybridized carbons (Fsp3) is 0.133. The van der Waals surface area contributed by atoms with Gasteiger partial charge in [-0.25, -0.2) is 4.39 Å². The second-order valence-corrected chi connectivity index (χ2v) is 5.21. The normalized spacial score (nSPS) is 10.0. The molecule has 0 N–H and O–H groups in total. The van der Waals surface area contributed by atoms with Crippen LogP contribution in [-0.2, 0) is 6.54 Å². The van der Waals surface area contributed by atoms with Crippen molar-refractivity contribution in [3.05, 3.63) is 63.9 Å². The first-order chi connectivity index (χ1) is 9.08. The molecule has 0 fully saturated rings. The summed E-state index contributed by atoms with van der Waals surface area (Å²) in [5.41, 5.74) is 2.40. The Hall–Kier alpha value is -1.86. The predicted octanol–water partition coefficient (Wildman–Crippen LogP) is 4.10. The van der Waals surface area contributed by atoms with Gasteiger partial charge in [0.25, 0.3) is 0 Å². The minimum absolute atomic E-state index is 0.238. The van der Waals surface area contributed by atoms with Crippen molar-refractivity contribution in [1.29, 1.82) is 5.26 Å². The van der Waals surface area contributed by atoms with Crippen LogP contribution in [0.15, 0.2) is 46.9 Å². The van der Waals surface area contributed by atoms with Crippen LogP contribution in [0.3, 0.4) is 0 Å². The molecule has 2 aromatic rings. The van der Waals surface area contributed by atoms with E-state index in [1.165, 1.54) is 12.1 Å². The zero-order valence-corrected chi connectivity index (χ0v) is 12.0. The third-order valence-electron chi connectivity index (χ3n) is 2.76. The first-order valence-electron chi connectivity index (χ1n) is 5.75. The summed E-state index contributed by atoms with van der Waals surface area (Å²) in [6.07, 6.45) is 0. The second kappa shape index (κ2) is 5.85. The van der Waals surface area contributed by atoms with Gasteiger partial charge in [0, 0.05) is 23.8 Å². The summed E-state index contributed by atoms with van der Waals surface area (Å²) in [6.45, 7) is 0.582. The molecule has 0 spiro atoms. The molecule has 96 valence electrons. The highest BCUT2D eigenvalue weighted by Crippen LogP contribution is 2.23. The molecule has 0 saturated carbocycles. The monoisotopic (exact) mass is 318 g/mol. The summed E-state index contributed by atoms with van der Waals surface area (Å²) >= 11 is 3.38. The van der Waals surface area contributed by atoms with E-state index in [1.54, 1.807) is 12.1 Å². The van der Waals surface area contributed by atoms with Crippen LogP contribution in [0, 0.1) is 17.1 Å². The average Bonchev–Trinajstić information content (AvgIpc) is 2.38. The molecule has 0 unspecified atom stereocenters. The van der Waals surface area contributed by atoms with Crippen LogP contribution in [0.25, 0.3) is 0 Å². The fourth-order valence-corrected chi connectivity index (χ4v) is 2.34. The van der Waals surface area contributed by atoms with Crippen LogP contribution in [0.2, 0.25) is 0 Å². The highest BCUT2D eigenvalue weighted by Gasteiger charge is 2.06. The van der Waals surface area contributed by atoms with Crippen molar-refractivity contribution >= 4 is 21.6 Å². The highest BCUT2D eigenvalue weighted by atomic mass is 79.9. The Kier molecular flexibility index (Phi) is 4.18. The Balaban J connectivity index is 2.23. The number of anilines is 1. The van der Waals surface area contributed by atoms with Crippen LogP contribution >= 0.6 is 15.9 Å². The van der Waals surface area contributed by atoms with Gasteiger partial charge < -0.3 is 4.90 Å². The molecule has 2 nitrogen and oxygen atoms in total. The molecule has 0 atom stereocenters. The predicted molar refractivity (Wildman–Crippen MR) is 77.4 cm³/mol. The van der Waals surface area contributed by atoms with Crippen molar-refractivity contribution < 1.29 is 4.39 Å². The molecule has 19 heavy (non-hydrogen) atoms. The number of hydrogen-bond acceptors (Lipinski definition) is 2. The summed E-state index contributed by atoms with van der Waals surface area (Å²) in [6, 6.07) is 14.1. The Morgan fingerprint density at radius 2 is 2.05 bits per heavy atom. The van der Waals surface area contributed by atoms with E-state index in [2.05, 4.69) is 22.0 Å². The quantitative estimate of drug-likeness (QED) is 0.852. The Morgan fingerprint density at radius 1 is 1.26 bits per heavy atom. The maximum atomic E-state index is 13.1. The largest absolute Gasteiger partial charge is 0.370 e. The molecular weight excluding hydrogens is 307 g/mol. The van der Waals surface area contributed by atoms with E-state index in [0.29, 0.717) is 12.1 Å². The van der Waals surface area contributed by atoms with E-state index < -0.39 is 0 Å². The molecule has 0 aliphatic carbocycles. The van der Waals surface area contributed by atoms with Crippen LogP contribution in [-0.4, -0.2) is 7.05 Å². The van der Waals surface area contributed by atoms with E-state index in [4.69, 9.17) is 5.26 Å². The average molecular weight is 319 g/mol. The van der Waals surface area contributed by atoms with Gasteiger partial charge in [-0.1, -0.05) is 28.1 Å². The van der Waals surface area contributed by atoms with E-state index >= 15 is 0 Å². The molecule has 2 aromatic carbocycles. The lowest BCUT2D eigenvalue weighted by Crippen LogP contribution is -2.16. The van der Waals surface area contributed by atoms with Gasteiger partial charge in [-0.3, -0.25) is 0 Å². The molecule has 0 amide bonds. The highest BCUT2D eigenvalue weighted by molar-refractivity contribution is 9.10. The summed E-state index contributed by atoms with van der Waals surface area (Å²) in [7, 11) is 1.91. The number of hydrogen-bond donors (Lipinski definition) is 0. The Labute approximate surface area is 120 Å².